The van der Waals surface area contributed by atoms with E-state index in [1.807, 2.05) is 6.07 Å². The number of nitriles is 2. The summed E-state index contributed by atoms with van der Waals surface area (Å²) < 4.78 is 0.614. The highest BCUT2D eigenvalue weighted by molar-refractivity contribution is 9.10. The Hall–Kier alpha value is -1.81. The molecule has 0 saturated heterocycles. The maximum absolute atomic E-state index is 9.15. The number of hydrogen-bond acceptors (Lipinski definition) is 2. The van der Waals surface area contributed by atoms with Crippen LogP contribution in [0.15, 0.2) is 34.8 Å². The van der Waals surface area contributed by atoms with Gasteiger partial charge >= 0.3 is 0 Å². The third-order valence-corrected chi connectivity index (χ3v) is 3.40. The minimum absolute atomic E-state index is 0.378. The van der Waals surface area contributed by atoms with Crippen molar-refractivity contribution in [3.63, 3.8) is 0 Å². The van der Waals surface area contributed by atoms with Gasteiger partial charge in [-0.15, -0.1) is 0 Å². The minimum Gasteiger partial charge on any atom is -0.192 e. The zero-order chi connectivity index (χ0) is 13.1. The van der Waals surface area contributed by atoms with E-state index < -0.39 is 0 Å². The summed E-state index contributed by atoms with van der Waals surface area (Å²) in [6.07, 6.45) is 0. The average molecular weight is 317 g/mol. The molecule has 0 spiro atoms. The van der Waals surface area contributed by atoms with Crippen LogP contribution in [0.2, 0.25) is 5.02 Å². The number of rotatable bonds is 1. The molecule has 0 unspecified atom stereocenters. The molecular weight excluding hydrogens is 312 g/mol. The fraction of sp³-hybridized carbons (Fsp3) is 0. The molecule has 0 amide bonds. The quantitative estimate of drug-likeness (QED) is 0.787. The first-order valence-corrected chi connectivity index (χ1v) is 6.14. The average Bonchev–Trinajstić information content (AvgIpc) is 2.38. The molecular formula is C14H5BrClN2. The Balaban J connectivity index is 2.64. The lowest BCUT2D eigenvalue weighted by Crippen LogP contribution is -1.87. The van der Waals surface area contributed by atoms with Crippen molar-refractivity contribution in [2.24, 2.45) is 0 Å². The highest BCUT2D eigenvalue weighted by Gasteiger charge is 2.10. The summed E-state index contributed by atoms with van der Waals surface area (Å²) in [4.78, 5) is 0. The second-order valence-corrected chi connectivity index (χ2v) is 4.70. The van der Waals surface area contributed by atoms with E-state index in [9.17, 15) is 0 Å². The van der Waals surface area contributed by atoms with Gasteiger partial charge < -0.3 is 0 Å². The summed E-state index contributed by atoms with van der Waals surface area (Å²) >= 11 is 9.28. The van der Waals surface area contributed by atoms with E-state index in [1.54, 1.807) is 30.3 Å². The molecule has 0 heterocycles. The molecule has 2 nitrogen and oxygen atoms in total. The first-order valence-electron chi connectivity index (χ1n) is 4.97. The molecule has 0 fully saturated rings. The number of nitrogens with zero attached hydrogens (tertiary/aromatic N) is 2. The Morgan fingerprint density at radius 1 is 1.17 bits per heavy atom. The van der Waals surface area contributed by atoms with Crippen LogP contribution in [0.5, 0.6) is 0 Å². The van der Waals surface area contributed by atoms with Gasteiger partial charge in [-0.05, 0) is 39.7 Å². The second kappa shape index (κ2) is 5.23. The molecule has 0 bridgehead atoms. The van der Waals surface area contributed by atoms with Gasteiger partial charge in [-0.1, -0.05) is 29.8 Å². The van der Waals surface area contributed by atoms with Crippen LogP contribution in [0.1, 0.15) is 11.1 Å². The second-order valence-electron chi connectivity index (χ2n) is 3.50. The molecule has 4 heteroatoms. The summed E-state index contributed by atoms with van der Waals surface area (Å²) in [5.74, 6) is 0. The molecule has 2 aromatic carbocycles. The SMILES string of the molecule is N#Cc1ccc(-c2cc[c]c(Br)c2C#N)cc1Cl. The highest BCUT2D eigenvalue weighted by atomic mass is 79.9. The molecule has 18 heavy (non-hydrogen) atoms. The van der Waals surface area contributed by atoms with Crippen molar-refractivity contribution in [2.45, 2.75) is 0 Å². The maximum Gasteiger partial charge on any atom is 0.101 e. The van der Waals surface area contributed by atoms with Crippen molar-refractivity contribution in [3.8, 4) is 23.3 Å². The van der Waals surface area contributed by atoms with Crippen LogP contribution in [-0.4, -0.2) is 0 Å². The van der Waals surface area contributed by atoms with Gasteiger partial charge in [0, 0.05) is 10.0 Å². The van der Waals surface area contributed by atoms with Crippen molar-refractivity contribution in [2.75, 3.05) is 0 Å². The van der Waals surface area contributed by atoms with Crippen molar-refractivity contribution < 1.29 is 0 Å². The number of hydrogen-bond donors (Lipinski definition) is 0. The third-order valence-electron chi connectivity index (χ3n) is 2.46. The highest BCUT2D eigenvalue weighted by Crippen LogP contribution is 2.31. The summed E-state index contributed by atoms with van der Waals surface area (Å²) in [7, 11) is 0. The van der Waals surface area contributed by atoms with Crippen LogP contribution < -0.4 is 0 Å². The summed E-state index contributed by atoms with van der Waals surface area (Å²) in [5, 5.41) is 18.3. The van der Waals surface area contributed by atoms with Crippen LogP contribution in [0.4, 0.5) is 0 Å². The minimum atomic E-state index is 0.378. The van der Waals surface area contributed by atoms with Crippen LogP contribution in [0.3, 0.4) is 0 Å². The smallest absolute Gasteiger partial charge is 0.101 e. The topological polar surface area (TPSA) is 47.6 Å². The van der Waals surface area contributed by atoms with Gasteiger partial charge in [-0.2, -0.15) is 10.5 Å². The summed E-state index contributed by atoms with van der Waals surface area (Å²) in [5.41, 5.74) is 2.47. The van der Waals surface area contributed by atoms with Crippen LogP contribution in [0, 0.1) is 28.7 Å². The van der Waals surface area contributed by atoms with E-state index in [-0.39, 0.29) is 0 Å². The molecule has 0 aromatic heterocycles. The van der Waals surface area contributed by atoms with Gasteiger partial charge in [-0.3, -0.25) is 0 Å². The molecule has 0 saturated carbocycles. The van der Waals surface area contributed by atoms with E-state index in [0.29, 0.717) is 20.6 Å². The van der Waals surface area contributed by atoms with Crippen molar-refractivity contribution in [3.05, 3.63) is 57.0 Å². The Morgan fingerprint density at radius 3 is 2.56 bits per heavy atom. The molecule has 0 aliphatic heterocycles. The van der Waals surface area contributed by atoms with Gasteiger partial charge in [0.1, 0.15) is 12.1 Å². The van der Waals surface area contributed by atoms with E-state index in [1.165, 1.54) is 0 Å². The van der Waals surface area contributed by atoms with Gasteiger partial charge in [0.2, 0.25) is 0 Å². The fourth-order valence-electron chi connectivity index (χ4n) is 1.60. The predicted octanol–water partition coefficient (Wildman–Crippen LogP) is 4.31. The first-order chi connectivity index (χ1) is 8.67. The summed E-state index contributed by atoms with van der Waals surface area (Å²) in [6, 6.07) is 15.7. The molecule has 0 N–H and O–H groups in total. The summed E-state index contributed by atoms with van der Waals surface area (Å²) in [6.45, 7) is 0. The van der Waals surface area contributed by atoms with Crippen LogP contribution in [-0.2, 0) is 0 Å². The zero-order valence-corrected chi connectivity index (χ0v) is 11.4. The normalized spacial score (nSPS) is 9.56. The molecule has 0 atom stereocenters. The van der Waals surface area contributed by atoms with Gasteiger partial charge in [0.05, 0.1) is 16.1 Å². The molecule has 2 rings (SSSR count). The van der Waals surface area contributed by atoms with Gasteiger partial charge in [0.15, 0.2) is 0 Å². The van der Waals surface area contributed by atoms with Crippen LogP contribution >= 0.6 is 27.5 Å². The van der Waals surface area contributed by atoms with E-state index >= 15 is 0 Å². The van der Waals surface area contributed by atoms with Crippen molar-refractivity contribution >= 4 is 27.5 Å². The monoisotopic (exact) mass is 315 g/mol. The van der Waals surface area contributed by atoms with Crippen molar-refractivity contribution in [1.29, 1.82) is 10.5 Å². The lowest BCUT2D eigenvalue weighted by molar-refractivity contribution is 1.45. The Bertz CT molecular complexity index is 696. The fourth-order valence-corrected chi connectivity index (χ4v) is 2.25. The van der Waals surface area contributed by atoms with Gasteiger partial charge in [0.25, 0.3) is 0 Å². The molecule has 85 valence electrons. The molecule has 1 radical (unpaired) electrons. The van der Waals surface area contributed by atoms with E-state index in [0.717, 1.165) is 11.1 Å². The zero-order valence-electron chi connectivity index (χ0n) is 9.04. The third kappa shape index (κ3) is 2.24. The van der Waals surface area contributed by atoms with Crippen LogP contribution in [0.25, 0.3) is 11.1 Å². The predicted molar refractivity (Wildman–Crippen MR) is 72.9 cm³/mol. The lowest BCUT2D eigenvalue weighted by atomic mass is 9.99. The number of benzene rings is 2. The largest absolute Gasteiger partial charge is 0.192 e. The standard InChI is InChI=1S/C14H5BrClN2/c15-13-3-1-2-11(12(13)8-18)9-4-5-10(7-17)14(16)6-9/h1-2,4-6H. The number of halogens is 2. The molecule has 0 aliphatic carbocycles. The Morgan fingerprint density at radius 2 is 1.94 bits per heavy atom. The van der Waals surface area contributed by atoms with E-state index in [2.05, 4.69) is 28.1 Å². The molecule has 2 aromatic rings. The van der Waals surface area contributed by atoms with E-state index in [4.69, 9.17) is 22.1 Å². The lowest BCUT2D eigenvalue weighted by Gasteiger charge is -2.06. The Labute approximate surface area is 118 Å². The first kappa shape index (κ1) is 12.6. The Kier molecular flexibility index (Phi) is 3.67. The maximum atomic E-state index is 9.15. The van der Waals surface area contributed by atoms with Gasteiger partial charge in [-0.25, -0.2) is 0 Å². The molecule has 0 aliphatic rings. The van der Waals surface area contributed by atoms with Crippen molar-refractivity contribution in [1.82, 2.24) is 0 Å².